The summed E-state index contributed by atoms with van der Waals surface area (Å²) in [5.74, 6) is -0.0290. The Hall–Kier alpha value is -1.33. The van der Waals surface area contributed by atoms with Gasteiger partial charge in [-0.1, -0.05) is 11.6 Å². The molecule has 0 bridgehead atoms. The standard InChI is InChI=1S/C11H16ClN3O2/c1-17-7-3-2-6-14-11(16)10-8(12)4-5-9(13)15-10/h4-5H,2-3,6-7H2,1H3,(H2,13,15)(H,14,16). The van der Waals surface area contributed by atoms with Crippen molar-refractivity contribution < 1.29 is 9.53 Å². The van der Waals surface area contributed by atoms with Gasteiger partial charge in [0.25, 0.3) is 5.91 Å². The second-order valence-corrected chi connectivity index (χ2v) is 3.93. The van der Waals surface area contributed by atoms with E-state index in [1.807, 2.05) is 0 Å². The number of hydrogen-bond donors (Lipinski definition) is 2. The van der Waals surface area contributed by atoms with Crippen LogP contribution in [0.15, 0.2) is 12.1 Å². The second-order valence-electron chi connectivity index (χ2n) is 3.52. The maximum atomic E-state index is 11.7. The number of hydrogen-bond acceptors (Lipinski definition) is 4. The SMILES string of the molecule is COCCCCNC(=O)c1nc(N)ccc1Cl. The van der Waals surface area contributed by atoms with Gasteiger partial charge in [0.2, 0.25) is 0 Å². The number of carbonyl (C=O) groups is 1. The van der Waals surface area contributed by atoms with Crippen LogP contribution in [0.1, 0.15) is 23.3 Å². The van der Waals surface area contributed by atoms with Gasteiger partial charge in [-0.2, -0.15) is 0 Å². The zero-order valence-electron chi connectivity index (χ0n) is 9.70. The van der Waals surface area contributed by atoms with Crippen LogP contribution in [0, 0.1) is 0 Å². The zero-order valence-corrected chi connectivity index (χ0v) is 10.5. The summed E-state index contributed by atoms with van der Waals surface area (Å²) in [7, 11) is 1.65. The first-order valence-corrected chi connectivity index (χ1v) is 5.72. The second kappa shape index (κ2) is 7.09. The number of unbranched alkanes of at least 4 members (excludes halogenated alkanes) is 1. The number of ether oxygens (including phenoxy) is 1. The van der Waals surface area contributed by atoms with E-state index in [4.69, 9.17) is 22.1 Å². The summed E-state index contributed by atoms with van der Waals surface area (Å²) < 4.78 is 4.91. The quantitative estimate of drug-likeness (QED) is 0.757. The first-order chi connectivity index (χ1) is 8.15. The van der Waals surface area contributed by atoms with Crippen molar-refractivity contribution in [3.05, 3.63) is 22.8 Å². The van der Waals surface area contributed by atoms with Gasteiger partial charge in [0.1, 0.15) is 11.5 Å². The van der Waals surface area contributed by atoms with Gasteiger partial charge in [0, 0.05) is 20.3 Å². The summed E-state index contributed by atoms with van der Waals surface area (Å²) in [6.45, 7) is 1.25. The smallest absolute Gasteiger partial charge is 0.271 e. The predicted octanol–water partition coefficient (Wildman–Crippen LogP) is 1.47. The highest BCUT2D eigenvalue weighted by molar-refractivity contribution is 6.33. The lowest BCUT2D eigenvalue weighted by atomic mass is 10.3. The molecule has 0 aliphatic carbocycles. The zero-order chi connectivity index (χ0) is 12.7. The van der Waals surface area contributed by atoms with Crippen LogP contribution in [0.2, 0.25) is 5.02 Å². The number of pyridine rings is 1. The molecule has 0 saturated carbocycles. The van der Waals surface area contributed by atoms with Crippen molar-refractivity contribution in [1.29, 1.82) is 0 Å². The molecule has 0 aliphatic rings. The molecule has 0 atom stereocenters. The minimum Gasteiger partial charge on any atom is -0.385 e. The van der Waals surface area contributed by atoms with Crippen molar-refractivity contribution in [1.82, 2.24) is 10.3 Å². The Morgan fingerprint density at radius 2 is 2.29 bits per heavy atom. The Kier molecular flexibility index (Phi) is 5.72. The third-order valence-corrected chi connectivity index (χ3v) is 2.45. The molecule has 1 rings (SSSR count). The molecule has 1 aromatic heterocycles. The van der Waals surface area contributed by atoms with Crippen LogP contribution in [0.25, 0.3) is 0 Å². The average molecular weight is 258 g/mol. The Labute approximate surface area is 105 Å². The molecule has 0 radical (unpaired) electrons. The molecule has 0 spiro atoms. The highest BCUT2D eigenvalue weighted by Gasteiger charge is 2.11. The van der Waals surface area contributed by atoms with Crippen molar-refractivity contribution in [2.24, 2.45) is 0 Å². The fourth-order valence-electron chi connectivity index (χ4n) is 1.27. The number of amides is 1. The van der Waals surface area contributed by atoms with Gasteiger partial charge < -0.3 is 15.8 Å². The maximum Gasteiger partial charge on any atom is 0.271 e. The third-order valence-electron chi connectivity index (χ3n) is 2.14. The summed E-state index contributed by atoms with van der Waals surface area (Å²) >= 11 is 5.85. The molecule has 0 aromatic carbocycles. The number of methoxy groups -OCH3 is 1. The number of nitrogens with one attached hydrogen (secondary N) is 1. The molecule has 17 heavy (non-hydrogen) atoms. The molecule has 1 aromatic rings. The number of carbonyl (C=O) groups excluding carboxylic acids is 1. The number of nitrogens with zero attached hydrogens (tertiary/aromatic N) is 1. The molecular weight excluding hydrogens is 242 g/mol. The lowest BCUT2D eigenvalue weighted by molar-refractivity contribution is 0.0946. The van der Waals surface area contributed by atoms with E-state index in [2.05, 4.69) is 10.3 Å². The van der Waals surface area contributed by atoms with Crippen LogP contribution in [0.5, 0.6) is 0 Å². The molecule has 5 nitrogen and oxygen atoms in total. The summed E-state index contributed by atoms with van der Waals surface area (Å²) in [5.41, 5.74) is 5.66. The lowest BCUT2D eigenvalue weighted by Crippen LogP contribution is -2.26. The molecule has 3 N–H and O–H groups in total. The number of aromatic nitrogens is 1. The van der Waals surface area contributed by atoms with Gasteiger partial charge in [0.05, 0.1) is 5.02 Å². The number of nitrogen functional groups attached to an aromatic ring is 1. The monoisotopic (exact) mass is 257 g/mol. The number of halogens is 1. The van der Waals surface area contributed by atoms with Crippen LogP contribution >= 0.6 is 11.6 Å². The Morgan fingerprint density at radius 1 is 1.53 bits per heavy atom. The molecule has 0 unspecified atom stereocenters. The van der Waals surface area contributed by atoms with Crippen LogP contribution in [0.4, 0.5) is 5.82 Å². The van der Waals surface area contributed by atoms with Crippen molar-refractivity contribution in [2.75, 3.05) is 26.0 Å². The summed E-state index contributed by atoms with van der Waals surface area (Å²) in [6.07, 6.45) is 1.74. The first kappa shape index (κ1) is 13.7. The van der Waals surface area contributed by atoms with E-state index < -0.39 is 0 Å². The highest BCUT2D eigenvalue weighted by atomic mass is 35.5. The molecule has 1 amide bonds. The molecular formula is C11H16ClN3O2. The topological polar surface area (TPSA) is 77.2 Å². The van der Waals surface area contributed by atoms with Gasteiger partial charge in [-0.25, -0.2) is 4.98 Å². The lowest BCUT2D eigenvalue weighted by Gasteiger charge is -2.06. The molecule has 0 saturated heterocycles. The fraction of sp³-hybridized carbons (Fsp3) is 0.455. The van der Waals surface area contributed by atoms with Crippen molar-refractivity contribution in [2.45, 2.75) is 12.8 Å². The number of rotatable bonds is 6. The minimum absolute atomic E-state index is 0.165. The van der Waals surface area contributed by atoms with E-state index in [0.717, 1.165) is 12.8 Å². The summed E-state index contributed by atoms with van der Waals surface area (Å²) in [5, 5.41) is 3.03. The largest absolute Gasteiger partial charge is 0.385 e. The Balaban J connectivity index is 2.44. The predicted molar refractivity (Wildman–Crippen MR) is 67.1 cm³/mol. The van der Waals surface area contributed by atoms with Crippen molar-refractivity contribution in [3.63, 3.8) is 0 Å². The van der Waals surface area contributed by atoms with Crippen molar-refractivity contribution in [3.8, 4) is 0 Å². The summed E-state index contributed by atoms with van der Waals surface area (Å²) in [6, 6.07) is 3.11. The number of nitrogens with two attached hydrogens (primary N) is 1. The fourth-order valence-corrected chi connectivity index (χ4v) is 1.46. The third kappa shape index (κ3) is 4.58. The van der Waals surface area contributed by atoms with E-state index in [-0.39, 0.29) is 17.4 Å². The molecule has 6 heteroatoms. The minimum atomic E-state index is -0.306. The van der Waals surface area contributed by atoms with E-state index >= 15 is 0 Å². The molecule has 1 heterocycles. The summed E-state index contributed by atoms with van der Waals surface area (Å²) in [4.78, 5) is 15.6. The normalized spacial score (nSPS) is 10.2. The van der Waals surface area contributed by atoms with E-state index in [1.54, 1.807) is 19.2 Å². The van der Waals surface area contributed by atoms with E-state index in [1.165, 1.54) is 0 Å². The highest BCUT2D eigenvalue weighted by Crippen LogP contribution is 2.14. The number of anilines is 1. The van der Waals surface area contributed by atoms with Gasteiger partial charge in [0.15, 0.2) is 0 Å². The van der Waals surface area contributed by atoms with Crippen LogP contribution in [-0.2, 0) is 4.74 Å². The average Bonchev–Trinajstić information content (AvgIpc) is 2.32. The van der Waals surface area contributed by atoms with Gasteiger partial charge in [-0.15, -0.1) is 0 Å². The molecule has 94 valence electrons. The van der Waals surface area contributed by atoms with Crippen molar-refractivity contribution >= 4 is 23.3 Å². The van der Waals surface area contributed by atoms with Gasteiger partial charge in [-0.3, -0.25) is 4.79 Å². The van der Waals surface area contributed by atoms with Crippen LogP contribution in [-0.4, -0.2) is 31.2 Å². The van der Waals surface area contributed by atoms with Gasteiger partial charge in [-0.05, 0) is 25.0 Å². The van der Waals surface area contributed by atoms with Crippen LogP contribution < -0.4 is 11.1 Å². The maximum absolute atomic E-state index is 11.7. The van der Waals surface area contributed by atoms with Gasteiger partial charge >= 0.3 is 0 Å². The van der Waals surface area contributed by atoms with Crippen LogP contribution in [0.3, 0.4) is 0 Å². The Bertz CT molecular complexity index is 385. The van der Waals surface area contributed by atoms with E-state index in [0.29, 0.717) is 18.2 Å². The molecule has 0 fully saturated rings. The van der Waals surface area contributed by atoms with E-state index in [9.17, 15) is 4.79 Å². The Morgan fingerprint density at radius 3 is 3.00 bits per heavy atom. The first-order valence-electron chi connectivity index (χ1n) is 5.34. The molecule has 0 aliphatic heterocycles.